The van der Waals surface area contributed by atoms with Crippen LogP contribution in [0.15, 0.2) is 60.2 Å². The molecule has 0 aliphatic heterocycles. The zero-order valence-electron chi connectivity index (χ0n) is 17.8. The highest BCUT2D eigenvalue weighted by Crippen LogP contribution is 2.19. The Morgan fingerprint density at radius 1 is 1.19 bits per heavy atom. The van der Waals surface area contributed by atoms with Gasteiger partial charge in [-0.1, -0.05) is 42.5 Å². The number of hydrogen-bond donors (Lipinski definition) is 4. The van der Waals surface area contributed by atoms with Crippen molar-refractivity contribution in [2.24, 2.45) is 0 Å². The van der Waals surface area contributed by atoms with Crippen LogP contribution in [0, 0.1) is 11.3 Å². The minimum atomic E-state index is -1.55. The topological polar surface area (TPSA) is 132 Å². The Morgan fingerprint density at radius 2 is 1.94 bits per heavy atom. The first-order chi connectivity index (χ1) is 15.4. The van der Waals surface area contributed by atoms with E-state index < -0.39 is 19.1 Å². The Kier molecular flexibility index (Phi) is 9.98. The lowest BCUT2D eigenvalue weighted by molar-refractivity contribution is -0.122. The SMILES string of the molecule is CCNC(=O)C(C#N)=Cc1cccc(OCCC(=O)N[C@@H](CB(O)O)c2ccccc2)c1. The average Bonchev–Trinajstić information content (AvgIpc) is 2.77. The third kappa shape index (κ3) is 8.26. The quantitative estimate of drug-likeness (QED) is 0.242. The second-order valence-corrected chi connectivity index (χ2v) is 6.95. The number of nitrogens with one attached hydrogen (secondary N) is 2. The number of likely N-dealkylation sites (N-methyl/N-ethyl adjacent to an activating group) is 1. The van der Waals surface area contributed by atoms with Crippen LogP contribution in [0.2, 0.25) is 6.32 Å². The Balaban J connectivity index is 1.94. The van der Waals surface area contributed by atoms with E-state index in [1.165, 1.54) is 6.08 Å². The van der Waals surface area contributed by atoms with Crippen molar-refractivity contribution in [1.82, 2.24) is 10.6 Å². The highest BCUT2D eigenvalue weighted by Gasteiger charge is 2.20. The monoisotopic (exact) mass is 435 g/mol. The van der Waals surface area contributed by atoms with Gasteiger partial charge >= 0.3 is 7.12 Å². The second-order valence-electron chi connectivity index (χ2n) is 6.95. The van der Waals surface area contributed by atoms with E-state index in [0.29, 0.717) is 17.9 Å². The molecule has 0 saturated heterocycles. The smallest absolute Gasteiger partial charge is 0.453 e. The summed E-state index contributed by atoms with van der Waals surface area (Å²) < 4.78 is 5.64. The second kappa shape index (κ2) is 12.9. The fourth-order valence-electron chi connectivity index (χ4n) is 2.97. The molecule has 0 radical (unpaired) electrons. The van der Waals surface area contributed by atoms with Gasteiger partial charge < -0.3 is 25.4 Å². The van der Waals surface area contributed by atoms with Crippen LogP contribution in [-0.2, 0) is 9.59 Å². The maximum atomic E-state index is 12.3. The van der Waals surface area contributed by atoms with E-state index in [4.69, 9.17) is 4.74 Å². The summed E-state index contributed by atoms with van der Waals surface area (Å²) in [6.07, 6.45) is 1.50. The van der Waals surface area contributed by atoms with Gasteiger partial charge in [-0.15, -0.1) is 0 Å². The molecule has 0 heterocycles. The third-order valence-corrected chi connectivity index (χ3v) is 4.45. The van der Waals surface area contributed by atoms with Crippen molar-refractivity contribution in [3.63, 3.8) is 0 Å². The highest BCUT2D eigenvalue weighted by atomic mass is 16.5. The van der Waals surface area contributed by atoms with E-state index in [2.05, 4.69) is 10.6 Å². The number of amides is 2. The summed E-state index contributed by atoms with van der Waals surface area (Å²) in [5.41, 5.74) is 1.38. The number of ether oxygens (including phenoxy) is 1. The molecule has 0 fully saturated rings. The lowest BCUT2D eigenvalue weighted by Crippen LogP contribution is -2.32. The van der Waals surface area contributed by atoms with Crippen molar-refractivity contribution >= 4 is 25.0 Å². The van der Waals surface area contributed by atoms with Crippen molar-refractivity contribution in [1.29, 1.82) is 5.26 Å². The predicted molar refractivity (Wildman–Crippen MR) is 121 cm³/mol. The summed E-state index contributed by atoms with van der Waals surface area (Å²) in [6.45, 7) is 2.29. The lowest BCUT2D eigenvalue weighted by atomic mass is 9.79. The van der Waals surface area contributed by atoms with Gasteiger partial charge in [-0.2, -0.15) is 5.26 Å². The van der Waals surface area contributed by atoms with Crippen LogP contribution in [-0.4, -0.2) is 42.1 Å². The Labute approximate surface area is 187 Å². The molecule has 166 valence electrons. The number of carbonyl (C=O) groups is 2. The molecule has 0 unspecified atom stereocenters. The van der Waals surface area contributed by atoms with Crippen LogP contribution in [0.3, 0.4) is 0 Å². The van der Waals surface area contributed by atoms with Crippen LogP contribution in [0.5, 0.6) is 5.75 Å². The van der Waals surface area contributed by atoms with Gasteiger partial charge in [-0.05, 0) is 36.3 Å². The number of hydrogen-bond acceptors (Lipinski definition) is 6. The fourth-order valence-corrected chi connectivity index (χ4v) is 2.97. The van der Waals surface area contributed by atoms with Gasteiger partial charge in [0.15, 0.2) is 0 Å². The summed E-state index contributed by atoms with van der Waals surface area (Å²) in [6, 6.07) is 17.3. The molecule has 0 spiro atoms. The van der Waals surface area contributed by atoms with Gasteiger partial charge in [-0.3, -0.25) is 9.59 Å². The van der Waals surface area contributed by atoms with Gasteiger partial charge in [0.1, 0.15) is 17.4 Å². The predicted octanol–water partition coefficient (Wildman–Crippen LogP) is 1.83. The van der Waals surface area contributed by atoms with Crippen LogP contribution in [0.1, 0.15) is 30.5 Å². The number of nitrogens with zero attached hydrogens (tertiary/aromatic N) is 1. The molecule has 2 aromatic rings. The summed E-state index contributed by atoms with van der Waals surface area (Å²) in [5, 5.41) is 33.2. The fraction of sp³-hybridized carbons (Fsp3) is 0.261. The molecule has 0 saturated carbocycles. The zero-order valence-corrected chi connectivity index (χ0v) is 17.8. The van der Waals surface area contributed by atoms with Gasteiger partial charge in [0, 0.05) is 12.9 Å². The molecule has 2 aromatic carbocycles. The summed E-state index contributed by atoms with van der Waals surface area (Å²) >= 11 is 0. The Bertz CT molecular complexity index is 973. The van der Waals surface area contributed by atoms with Crippen molar-refractivity contribution in [2.45, 2.75) is 25.7 Å². The molecule has 2 amide bonds. The number of nitriles is 1. The molecule has 32 heavy (non-hydrogen) atoms. The first-order valence-electron chi connectivity index (χ1n) is 10.3. The van der Waals surface area contributed by atoms with Crippen LogP contribution in [0.4, 0.5) is 0 Å². The van der Waals surface area contributed by atoms with Crippen molar-refractivity contribution in [3.05, 3.63) is 71.3 Å². The Hall–Kier alpha value is -3.61. The molecule has 1 atom stereocenters. The molecule has 0 bridgehead atoms. The molecule has 8 nitrogen and oxygen atoms in total. The van der Waals surface area contributed by atoms with Gasteiger partial charge in [-0.25, -0.2) is 0 Å². The summed E-state index contributed by atoms with van der Waals surface area (Å²) in [7, 11) is -1.55. The largest absolute Gasteiger partial charge is 0.493 e. The molecule has 2 rings (SSSR count). The molecule has 0 aromatic heterocycles. The van der Waals surface area contributed by atoms with Crippen LogP contribution in [0.25, 0.3) is 6.08 Å². The zero-order chi connectivity index (χ0) is 23.3. The number of carbonyl (C=O) groups excluding carboxylic acids is 2. The standard InChI is InChI=1S/C23H26BN3O5/c1-2-26-23(29)19(16-25)13-17-7-6-10-20(14-17)32-12-11-22(28)27-21(15-24(30)31)18-8-4-3-5-9-18/h3-10,13-14,21,30-31H,2,11-12,15H2,1H3,(H,26,29)(H,27,28)/t21-/m0/s1. The maximum absolute atomic E-state index is 12.3. The summed E-state index contributed by atoms with van der Waals surface area (Å²) in [4.78, 5) is 24.2. The average molecular weight is 435 g/mol. The lowest BCUT2D eigenvalue weighted by Gasteiger charge is -2.19. The molecule has 0 aliphatic rings. The van der Waals surface area contributed by atoms with Gasteiger partial charge in [0.2, 0.25) is 5.91 Å². The highest BCUT2D eigenvalue weighted by molar-refractivity contribution is 6.41. The van der Waals surface area contributed by atoms with Crippen LogP contribution < -0.4 is 15.4 Å². The first kappa shape index (κ1) is 24.7. The molecular weight excluding hydrogens is 409 g/mol. The van der Waals surface area contributed by atoms with Gasteiger partial charge in [0.25, 0.3) is 5.91 Å². The van der Waals surface area contributed by atoms with Gasteiger partial charge in [0.05, 0.1) is 19.1 Å². The van der Waals surface area contributed by atoms with Crippen LogP contribution >= 0.6 is 0 Å². The van der Waals surface area contributed by atoms with Crippen molar-refractivity contribution < 1.29 is 24.4 Å². The van der Waals surface area contributed by atoms with Crippen molar-refractivity contribution in [3.8, 4) is 11.8 Å². The first-order valence-corrected chi connectivity index (χ1v) is 10.3. The number of rotatable bonds is 11. The minimum Gasteiger partial charge on any atom is -0.493 e. The van der Waals surface area contributed by atoms with E-state index in [-0.39, 0.29) is 30.8 Å². The summed E-state index contributed by atoms with van der Waals surface area (Å²) in [5.74, 6) is -0.248. The maximum Gasteiger partial charge on any atom is 0.453 e. The molecule has 4 N–H and O–H groups in total. The molecular formula is C23H26BN3O5. The van der Waals surface area contributed by atoms with E-state index in [9.17, 15) is 24.9 Å². The molecule has 0 aliphatic carbocycles. The Morgan fingerprint density at radius 3 is 2.59 bits per heavy atom. The van der Waals surface area contributed by atoms with Crippen molar-refractivity contribution in [2.75, 3.05) is 13.2 Å². The van der Waals surface area contributed by atoms with E-state index in [1.54, 1.807) is 43.3 Å². The molecule has 9 heteroatoms. The van der Waals surface area contributed by atoms with E-state index in [1.807, 2.05) is 24.3 Å². The van der Waals surface area contributed by atoms with E-state index in [0.717, 1.165) is 5.56 Å². The number of benzene rings is 2. The normalized spacial score (nSPS) is 11.8. The third-order valence-electron chi connectivity index (χ3n) is 4.45. The minimum absolute atomic E-state index is 0.0126. The van der Waals surface area contributed by atoms with E-state index >= 15 is 0 Å².